The number of carbonyl (C=O) groups excluding carboxylic acids is 2. The molecule has 7 nitrogen and oxygen atoms in total. The first-order valence-corrected chi connectivity index (χ1v) is 15.3. The molecule has 3 aromatic carbocycles. The van der Waals surface area contributed by atoms with Crippen molar-refractivity contribution in [2.45, 2.75) is 58.0 Å². The summed E-state index contributed by atoms with van der Waals surface area (Å²) in [5, 5.41) is 3.25. The number of aryl methyl sites for hydroxylation is 2. The Balaban J connectivity index is 2.10. The molecule has 0 aliphatic rings. The molecular weight excluding hydrogens is 569 g/mol. The largest absolute Gasteiger partial charge is 0.354 e. The molecule has 0 saturated heterocycles. The van der Waals surface area contributed by atoms with Gasteiger partial charge in [-0.2, -0.15) is 0 Å². The third kappa shape index (κ3) is 7.77. The standard InChI is InChI=1S/C30H35Cl2N3O4S/c1-5-16-33-30(37)27(6-2)34(19-23-9-7-8-22(4)17-23)29(36)20-35(28-18-24(31)12-15-26(28)32)40(38,39)25-13-10-21(3)11-14-25/h7-15,17-18,27H,5-6,16,19-20H2,1-4H3,(H,33,37)/t27-/m1/s1. The number of hydrogen-bond donors (Lipinski definition) is 1. The number of sulfonamides is 1. The Kier molecular flexibility index (Phi) is 11.0. The summed E-state index contributed by atoms with van der Waals surface area (Å²) >= 11 is 12.7. The van der Waals surface area contributed by atoms with Gasteiger partial charge in [-0.3, -0.25) is 13.9 Å². The highest BCUT2D eigenvalue weighted by molar-refractivity contribution is 7.92. The van der Waals surface area contributed by atoms with Crippen LogP contribution in [0.15, 0.2) is 71.6 Å². The molecule has 10 heteroatoms. The van der Waals surface area contributed by atoms with E-state index in [-0.39, 0.29) is 33.1 Å². The maximum Gasteiger partial charge on any atom is 0.264 e. The first-order valence-electron chi connectivity index (χ1n) is 13.1. The predicted molar refractivity (Wildman–Crippen MR) is 161 cm³/mol. The Labute approximate surface area is 247 Å². The number of nitrogens with zero attached hydrogens (tertiary/aromatic N) is 2. The number of benzene rings is 3. The van der Waals surface area contributed by atoms with E-state index in [4.69, 9.17) is 23.2 Å². The fourth-order valence-electron chi connectivity index (χ4n) is 4.32. The lowest BCUT2D eigenvalue weighted by Gasteiger charge is -2.33. The molecule has 2 amide bonds. The molecule has 0 aromatic heterocycles. The second kappa shape index (κ2) is 14.0. The minimum Gasteiger partial charge on any atom is -0.354 e. The summed E-state index contributed by atoms with van der Waals surface area (Å²) in [6, 6.07) is 17.6. The lowest BCUT2D eigenvalue weighted by Crippen LogP contribution is -2.52. The number of rotatable bonds is 12. The van der Waals surface area contributed by atoms with Crippen LogP contribution in [-0.2, 0) is 26.2 Å². The van der Waals surface area contributed by atoms with E-state index in [1.54, 1.807) is 18.2 Å². The third-order valence-electron chi connectivity index (χ3n) is 6.44. The van der Waals surface area contributed by atoms with Crippen LogP contribution in [-0.4, -0.2) is 44.3 Å². The van der Waals surface area contributed by atoms with E-state index in [1.165, 1.54) is 29.2 Å². The summed E-state index contributed by atoms with van der Waals surface area (Å²) in [4.78, 5) is 28.7. The van der Waals surface area contributed by atoms with E-state index >= 15 is 0 Å². The van der Waals surface area contributed by atoms with Gasteiger partial charge in [0.2, 0.25) is 11.8 Å². The maximum absolute atomic E-state index is 14.1. The molecule has 1 N–H and O–H groups in total. The molecule has 3 aromatic rings. The van der Waals surface area contributed by atoms with Crippen LogP contribution in [0, 0.1) is 13.8 Å². The monoisotopic (exact) mass is 603 g/mol. The Hall–Kier alpha value is -3.07. The zero-order valence-corrected chi connectivity index (χ0v) is 25.5. The Morgan fingerprint density at radius 1 is 0.925 bits per heavy atom. The molecule has 0 spiro atoms. The Morgan fingerprint density at radius 3 is 2.25 bits per heavy atom. The van der Waals surface area contributed by atoms with Crippen molar-refractivity contribution in [3.05, 3.63) is 93.5 Å². The number of halogens is 2. The first-order chi connectivity index (χ1) is 19.0. The molecule has 0 heterocycles. The van der Waals surface area contributed by atoms with Gasteiger partial charge in [0.05, 0.1) is 15.6 Å². The minimum atomic E-state index is -4.24. The van der Waals surface area contributed by atoms with Gasteiger partial charge in [-0.05, 0) is 62.6 Å². The summed E-state index contributed by atoms with van der Waals surface area (Å²) < 4.78 is 28.9. The van der Waals surface area contributed by atoms with Crippen molar-refractivity contribution in [3.8, 4) is 0 Å². The van der Waals surface area contributed by atoms with E-state index in [0.29, 0.717) is 13.0 Å². The number of anilines is 1. The molecule has 3 rings (SSSR count). The smallest absolute Gasteiger partial charge is 0.264 e. The summed E-state index contributed by atoms with van der Waals surface area (Å²) in [6.07, 6.45) is 1.08. The van der Waals surface area contributed by atoms with Gasteiger partial charge >= 0.3 is 0 Å². The van der Waals surface area contributed by atoms with Crippen LogP contribution in [0.4, 0.5) is 5.69 Å². The maximum atomic E-state index is 14.1. The van der Waals surface area contributed by atoms with Crippen molar-refractivity contribution in [3.63, 3.8) is 0 Å². The Bertz CT molecular complexity index is 1450. The average Bonchev–Trinajstić information content (AvgIpc) is 2.92. The summed E-state index contributed by atoms with van der Waals surface area (Å²) in [7, 11) is -4.24. The molecule has 0 saturated carbocycles. The highest BCUT2D eigenvalue weighted by atomic mass is 35.5. The van der Waals surface area contributed by atoms with Gasteiger partial charge in [-0.1, -0.05) is 84.6 Å². The predicted octanol–water partition coefficient (Wildman–Crippen LogP) is 6.14. The molecular formula is C30H35Cl2N3O4S. The molecule has 1 atom stereocenters. The normalized spacial score (nSPS) is 12.1. The second-order valence-electron chi connectivity index (χ2n) is 9.65. The van der Waals surface area contributed by atoms with Crippen LogP contribution in [0.25, 0.3) is 0 Å². The topological polar surface area (TPSA) is 86.8 Å². The van der Waals surface area contributed by atoms with Crippen molar-refractivity contribution >= 4 is 50.7 Å². The second-order valence-corrected chi connectivity index (χ2v) is 12.4. The van der Waals surface area contributed by atoms with E-state index in [1.807, 2.05) is 52.0 Å². The fraction of sp³-hybridized carbons (Fsp3) is 0.333. The van der Waals surface area contributed by atoms with Crippen LogP contribution >= 0.6 is 23.2 Å². The van der Waals surface area contributed by atoms with Gasteiger partial charge in [0.1, 0.15) is 12.6 Å². The molecule has 214 valence electrons. The molecule has 0 fully saturated rings. The van der Waals surface area contributed by atoms with E-state index in [0.717, 1.165) is 27.4 Å². The summed E-state index contributed by atoms with van der Waals surface area (Å²) in [5.74, 6) is -0.842. The van der Waals surface area contributed by atoms with Crippen molar-refractivity contribution in [1.82, 2.24) is 10.2 Å². The van der Waals surface area contributed by atoms with Crippen LogP contribution in [0.3, 0.4) is 0 Å². The first kappa shape index (κ1) is 31.5. The van der Waals surface area contributed by atoms with Crippen LogP contribution in [0.2, 0.25) is 10.0 Å². The highest BCUT2D eigenvalue weighted by Gasteiger charge is 2.34. The zero-order valence-electron chi connectivity index (χ0n) is 23.2. The van der Waals surface area contributed by atoms with E-state index in [2.05, 4.69) is 5.32 Å². The molecule has 0 radical (unpaired) electrons. The van der Waals surface area contributed by atoms with Crippen molar-refractivity contribution < 1.29 is 18.0 Å². The molecule has 40 heavy (non-hydrogen) atoms. The molecule has 0 unspecified atom stereocenters. The van der Waals surface area contributed by atoms with E-state index < -0.39 is 28.5 Å². The zero-order chi connectivity index (χ0) is 29.4. The van der Waals surface area contributed by atoms with Gasteiger partial charge in [-0.15, -0.1) is 0 Å². The quantitative estimate of drug-likeness (QED) is 0.269. The van der Waals surface area contributed by atoms with Crippen LogP contribution in [0.1, 0.15) is 43.4 Å². The third-order valence-corrected chi connectivity index (χ3v) is 8.76. The fourth-order valence-corrected chi connectivity index (χ4v) is 6.18. The molecule has 0 aliphatic heterocycles. The lowest BCUT2D eigenvalue weighted by molar-refractivity contribution is -0.140. The minimum absolute atomic E-state index is 0.0000864. The number of amides is 2. The van der Waals surface area contributed by atoms with Crippen LogP contribution < -0.4 is 9.62 Å². The van der Waals surface area contributed by atoms with Crippen molar-refractivity contribution in [2.75, 3.05) is 17.4 Å². The highest BCUT2D eigenvalue weighted by Crippen LogP contribution is 2.33. The van der Waals surface area contributed by atoms with Gasteiger partial charge in [-0.25, -0.2) is 8.42 Å². The SMILES string of the molecule is CCCNC(=O)[C@@H](CC)N(Cc1cccc(C)c1)C(=O)CN(c1cc(Cl)ccc1Cl)S(=O)(=O)c1ccc(C)cc1. The van der Waals surface area contributed by atoms with E-state index in [9.17, 15) is 18.0 Å². The number of hydrogen-bond acceptors (Lipinski definition) is 4. The molecule has 0 aliphatic carbocycles. The van der Waals surface area contributed by atoms with Gasteiger partial charge < -0.3 is 10.2 Å². The number of nitrogens with one attached hydrogen (secondary N) is 1. The Morgan fingerprint density at radius 2 is 1.62 bits per heavy atom. The van der Waals surface area contributed by atoms with Gasteiger partial charge in [0, 0.05) is 18.1 Å². The van der Waals surface area contributed by atoms with Gasteiger partial charge in [0.25, 0.3) is 10.0 Å². The summed E-state index contributed by atoms with van der Waals surface area (Å²) in [6.45, 7) is 7.57. The van der Waals surface area contributed by atoms with Crippen molar-refractivity contribution in [2.24, 2.45) is 0 Å². The molecule has 0 bridgehead atoms. The van der Waals surface area contributed by atoms with Crippen LogP contribution in [0.5, 0.6) is 0 Å². The number of carbonyl (C=O) groups is 2. The average molecular weight is 605 g/mol. The van der Waals surface area contributed by atoms with Gasteiger partial charge in [0.15, 0.2) is 0 Å². The summed E-state index contributed by atoms with van der Waals surface area (Å²) in [5.41, 5.74) is 2.78. The van der Waals surface area contributed by atoms with Crippen molar-refractivity contribution in [1.29, 1.82) is 0 Å². The lowest BCUT2D eigenvalue weighted by atomic mass is 10.1.